The Morgan fingerprint density at radius 1 is 1.17 bits per heavy atom. The molecule has 2 aliphatic heterocycles. The largest absolute Gasteiger partial charge is 0.511 e. The van der Waals surface area contributed by atoms with Crippen LogP contribution >= 0.6 is 15.9 Å². The molecule has 2 heterocycles. The molecule has 4 nitrogen and oxygen atoms in total. The Kier molecular flexibility index (Phi) is 4.51. The van der Waals surface area contributed by atoms with Crippen LogP contribution in [0.5, 0.6) is 11.5 Å². The molecule has 2 aromatic rings. The second kappa shape index (κ2) is 6.96. The van der Waals surface area contributed by atoms with Crippen molar-refractivity contribution < 1.29 is 23.8 Å². The Morgan fingerprint density at radius 3 is 2.62 bits per heavy atom. The topological polar surface area (TPSA) is 55.8 Å². The van der Waals surface area contributed by atoms with Crippen molar-refractivity contribution in [3.05, 3.63) is 63.6 Å². The van der Waals surface area contributed by atoms with Crippen LogP contribution in [0.4, 0.5) is 4.39 Å². The molecule has 3 aliphatic rings. The van der Waals surface area contributed by atoms with E-state index in [-0.39, 0.29) is 41.3 Å². The number of rotatable bonds is 4. The van der Waals surface area contributed by atoms with Crippen LogP contribution in [-0.2, 0) is 16.0 Å². The van der Waals surface area contributed by atoms with Crippen LogP contribution in [0.15, 0.2) is 46.6 Å². The quantitative estimate of drug-likeness (QED) is 0.648. The van der Waals surface area contributed by atoms with Crippen molar-refractivity contribution >= 4 is 27.3 Å². The second-order valence-corrected chi connectivity index (χ2v) is 8.73. The Morgan fingerprint density at radius 2 is 1.93 bits per heavy atom. The predicted molar refractivity (Wildman–Crippen MR) is 109 cm³/mol. The fourth-order valence-electron chi connectivity index (χ4n) is 4.93. The molecule has 0 spiro atoms. The van der Waals surface area contributed by atoms with Crippen LogP contribution in [0, 0.1) is 17.7 Å². The van der Waals surface area contributed by atoms with E-state index in [0.717, 1.165) is 18.4 Å². The first-order valence-corrected chi connectivity index (χ1v) is 10.7. The smallest absolute Gasteiger partial charge is 0.173 e. The van der Waals surface area contributed by atoms with Gasteiger partial charge in [0.2, 0.25) is 0 Å². The molecule has 0 unspecified atom stereocenters. The van der Waals surface area contributed by atoms with E-state index in [0.29, 0.717) is 27.8 Å². The normalized spacial score (nSPS) is 27.6. The van der Waals surface area contributed by atoms with E-state index in [2.05, 4.69) is 15.9 Å². The van der Waals surface area contributed by atoms with Gasteiger partial charge in [0.15, 0.2) is 17.3 Å². The Hall–Kier alpha value is -2.18. The average molecular weight is 459 g/mol. The SMILES string of the molecule is CCc1ccc(Oc2ccc(Br)cc2F)cc1C1=C(O)[C@H]2[C@@H](C1=O)[C@@H]1CC[C@H]2O1. The molecule has 2 saturated heterocycles. The molecule has 2 aromatic carbocycles. The third-order valence-corrected chi connectivity index (χ3v) is 6.74. The minimum atomic E-state index is -0.484. The van der Waals surface area contributed by atoms with E-state index in [9.17, 15) is 14.3 Å². The maximum atomic E-state index is 14.2. The maximum absolute atomic E-state index is 14.2. The van der Waals surface area contributed by atoms with Crippen LogP contribution in [0.2, 0.25) is 0 Å². The summed E-state index contributed by atoms with van der Waals surface area (Å²) >= 11 is 3.23. The van der Waals surface area contributed by atoms with Crippen LogP contribution < -0.4 is 4.74 Å². The average Bonchev–Trinajstić information content (AvgIpc) is 3.38. The molecule has 0 saturated carbocycles. The number of allylic oxidation sites excluding steroid dienone is 1. The van der Waals surface area contributed by atoms with E-state index < -0.39 is 5.82 Å². The first-order chi connectivity index (χ1) is 14.0. The van der Waals surface area contributed by atoms with Gasteiger partial charge in [0.1, 0.15) is 11.5 Å². The lowest BCUT2D eigenvalue weighted by Gasteiger charge is -2.19. The molecule has 29 heavy (non-hydrogen) atoms. The molecule has 0 radical (unpaired) electrons. The molecular formula is C23H20BrFO4. The van der Waals surface area contributed by atoms with E-state index in [1.807, 2.05) is 13.0 Å². The number of aryl methyl sites for hydroxylation is 1. The van der Waals surface area contributed by atoms with E-state index in [1.165, 1.54) is 6.07 Å². The lowest BCUT2D eigenvalue weighted by Crippen LogP contribution is -2.29. The molecule has 2 bridgehead atoms. The third-order valence-electron chi connectivity index (χ3n) is 6.25. The highest BCUT2D eigenvalue weighted by Gasteiger charge is 2.59. The van der Waals surface area contributed by atoms with E-state index in [1.54, 1.807) is 24.3 Å². The highest BCUT2D eigenvalue weighted by molar-refractivity contribution is 9.10. The predicted octanol–water partition coefficient (Wildman–Crippen LogP) is 5.59. The summed E-state index contributed by atoms with van der Waals surface area (Å²) in [5.74, 6) is -0.417. The molecule has 4 atom stereocenters. The second-order valence-electron chi connectivity index (χ2n) is 7.82. The molecule has 0 aromatic heterocycles. The Balaban J connectivity index is 1.54. The molecule has 5 rings (SSSR count). The molecule has 2 fully saturated rings. The number of fused-ring (bicyclic) bond motifs is 5. The summed E-state index contributed by atoms with van der Waals surface area (Å²) in [4.78, 5) is 13.2. The summed E-state index contributed by atoms with van der Waals surface area (Å²) in [5.41, 5.74) is 1.98. The van der Waals surface area contributed by atoms with E-state index in [4.69, 9.17) is 9.47 Å². The summed E-state index contributed by atoms with van der Waals surface area (Å²) < 4.78 is 26.4. The highest BCUT2D eigenvalue weighted by Crippen LogP contribution is 2.54. The monoisotopic (exact) mass is 458 g/mol. The highest BCUT2D eigenvalue weighted by atomic mass is 79.9. The molecular weight excluding hydrogens is 439 g/mol. The zero-order chi connectivity index (χ0) is 20.3. The lowest BCUT2D eigenvalue weighted by atomic mass is 9.80. The molecule has 1 aliphatic carbocycles. The standard InChI is InChI=1S/C23H20BrFO4/c1-2-11-3-5-13(28-16-6-4-12(24)9-15(16)25)10-14(11)19-22(26)20-17-7-8-18(29-17)21(20)23(19)27/h3-6,9-10,17-18,20-21,26H,2,7-8H2,1H3/t17-,18+,20-,21+/m1/s1. The molecule has 6 heteroatoms. The van der Waals surface area contributed by atoms with Gasteiger partial charge in [0.05, 0.1) is 29.6 Å². The number of hydrogen-bond acceptors (Lipinski definition) is 4. The van der Waals surface area contributed by atoms with Crippen molar-refractivity contribution in [1.82, 2.24) is 0 Å². The zero-order valence-electron chi connectivity index (χ0n) is 15.8. The molecule has 150 valence electrons. The van der Waals surface area contributed by atoms with Gasteiger partial charge in [0, 0.05) is 4.47 Å². The maximum Gasteiger partial charge on any atom is 0.173 e. The molecule has 1 N–H and O–H groups in total. The van der Waals surface area contributed by atoms with Gasteiger partial charge >= 0.3 is 0 Å². The van der Waals surface area contributed by atoms with Crippen LogP contribution in [-0.4, -0.2) is 23.1 Å². The summed E-state index contributed by atoms with van der Waals surface area (Å²) in [6.07, 6.45) is 2.27. The van der Waals surface area contributed by atoms with Crippen molar-refractivity contribution in [2.75, 3.05) is 0 Å². The molecule has 0 amide bonds. The minimum absolute atomic E-state index is 0.0543. The van der Waals surface area contributed by atoms with Gasteiger partial charge < -0.3 is 14.6 Å². The van der Waals surface area contributed by atoms with Gasteiger partial charge in [-0.15, -0.1) is 0 Å². The van der Waals surface area contributed by atoms with Gasteiger partial charge in [-0.25, -0.2) is 4.39 Å². The number of aliphatic hydroxyl groups excluding tert-OH is 1. The van der Waals surface area contributed by atoms with Gasteiger partial charge in [-0.2, -0.15) is 0 Å². The number of ether oxygens (including phenoxy) is 2. The first-order valence-electron chi connectivity index (χ1n) is 9.87. The van der Waals surface area contributed by atoms with Crippen molar-refractivity contribution in [3.8, 4) is 11.5 Å². The number of Topliss-reactive ketones (excluding diaryl/α,β-unsaturated/α-hetero) is 1. The van der Waals surface area contributed by atoms with Crippen LogP contribution in [0.3, 0.4) is 0 Å². The van der Waals surface area contributed by atoms with Crippen LogP contribution in [0.25, 0.3) is 5.57 Å². The Labute approximate surface area is 176 Å². The third kappa shape index (κ3) is 2.92. The number of carbonyl (C=O) groups excluding carboxylic acids is 1. The number of ketones is 1. The van der Waals surface area contributed by atoms with Gasteiger partial charge in [0.25, 0.3) is 0 Å². The van der Waals surface area contributed by atoms with Crippen molar-refractivity contribution in [3.63, 3.8) is 0 Å². The van der Waals surface area contributed by atoms with Gasteiger partial charge in [-0.1, -0.05) is 28.9 Å². The Bertz CT molecular complexity index is 1050. The van der Waals surface area contributed by atoms with Crippen LogP contribution in [0.1, 0.15) is 30.9 Å². The summed E-state index contributed by atoms with van der Waals surface area (Å²) in [6.45, 7) is 2.00. The van der Waals surface area contributed by atoms with Gasteiger partial charge in [-0.05, 0) is 60.7 Å². The number of carbonyl (C=O) groups is 1. The summed E-state index contributed by atoms with van der Waals surface area (Å²) in [6, 6.07) is 9.94. The fourth-order valence-corrected chi connectivity index (χ4v) is 5.27. The fraction of sp³-hybridized carbons (Fsp3) is 0.348. The number of benzene rings is 2. The van der Waals surface area contributed by atoms with E-state index >= 15 is 0 Å². The number of aliphatic hydroxyl groups is 1. The minimum Gasteiger partial charge on any atom is -0.511 e. The van der Waals surface area contributed by atoms with Gasteiger partial charge in [-0.3, -0.25) is 4.79 Å². The number of hydrogen-bond donors (Lipinski definition) is 1. The zero-order valence-corrected chi connectivity index (χ0v) is 17.4. The number of halogens is 2. The van der Waals surface area contributed by atoms with Crippen molar-refractivity contribution in [2.45, 2.75) is 38.4 Å². The first kappa shape index (κ1) is 18.8. The lowest BCUT2D eigenvalue weighted by molar-refractivity contribution is -0.118. The van der Waals surface area contributed by atoms with Crippen molar-refractivity contribution in [1.29, 1.82) is 0 Å². The summed E-state index contributed by atoms with van der Waals surface area (Å²) in [7, 11) is 0. The van der Waals surface area contributed by atoms with Crippen molar-refractivity contribution in [2.24, 2.45) is 11.8 Å². The summed E-state index contributed by atoms with van der Waals surface area (Å²) in [5, 5.41) is 11.0.